The second-order valence-electron chi connectivity index (χ2n) is 8.29. The van der Waals surface area contributed by atoms with E-state index in [4.69, 9.17) is 9.15 Å². The third-order valence-electron chi connectivity index (χ3n) is 6.02. The van der Waals surface area contributed by atoms with Gasteiger partial charge in [-0.1, -0.05) is 6.07 Å². The summed E-state index contributed by atoms with van der Waals surface area (Å²) in [6, 6.07) is 6.37. The van der Waals surface area contributed by atoms with Crippen molar-refractivity contribution >= 4 is 19.7 Å². The first-order chi connectivity index (χ1) is 15.2. The second kappa shape index (κ2) is 9.22. The van der Waals surface area contributed by atoms with Gasteiger partial charge in [0.25, 0.3) is 0 Å². The van der Waals surface area contributed by atoms with Gasteiger partial charge in [0, 0.05) is 25.7 Å². The van der Waals surface area contributed by atoms with Gasteiger partial charge in [0.2, 0.25) is 0 Å². The van der Waals surface area contributed by atoms with Gasteiger partial charge in [0.15, 0.2) is 19.7 Å². The molecule has 0 amide bonds. The zero-order valence-electron chi connectivity index (χ0n) is 17.7. The number of aryl methyl sites for hydroxylation is 1. The maximum atomic E-state index is 14.4. The summed E-state index contributed by atoms with van der Waals surface area (Å²) >= 11 is 0. The molecule has 1 unspecified atom stereocenters. The van der Waals surface area contributed by atoms with Gasteiger partial charge in [-0.05, 0) is 36.8 Å². The largest absolute Gasteiger partial charge is 0.468 e. The third-order valence-corrected chi connectivity index (χ3v) is 10.2. The van der Waals surface area contributed by atoms with Crippen LogP contribution in [0.2, 0.25) is 0 Å². The number of nitrogens with one attached hydrogen (secondary N) is 1. The fraction of sp³-hybridized carbons (Fsp3) is 0.524. The van der Waals surface area contributed by atoms with Gasteiger partial charge >= 0.3 is 0 Å². The van der Waals surface area contributed by atoms with Crippen LogP contribution in [-0.4, -0.2) is 77.4 Å². The predicted octanol–water partition coefficient (Wildman–Crippen LogP) is 1.33. The summed E-state index contributed by atoms with van der Waals surface area (Å²) in [7, 11) is -7.82. The molecule has 0 saturated carbocycles. The molecule has 0 spiro atoms. The zero-order valence-corrected chi connectivity index (χ0v) is 19.4. The molecular weight excluding hydrogens is 459 g/mol. The van der Waals surface area contributed by atoms with E-state index in [2.05, 4.69) is 10.2 Å². The van der Waals surface area contributed by atoms with Crippen molar-refractivity contribution in [2.75, 3.05) is 44.4 Å². The highest BCUT2D eigenvalue weighted by Gasteiger charge is 2.46. The summed E-state index contributed by atoms with van der Waals surface area (Å²) in [6.45, 7) is 4.43. The summed E-state index contributed by atoms with van der Waals surface area (Å²) in [6.07, 6.45) is 1.57. The lowest BCUT2D eigenvalue weighted by molar-refractivity contribution is 0.0113. The van der Waals surface area contributed by atoms with E-state index in [1.165, 1.54) is 12.1 Å². The molecule has 2 aromatic rings. The summed E-state index contributed by atoms with van der Waals surface area (Å²) in [5.74, 6) is -1.04. The molecule has 0 aliphatic carbocycles. The number of nitrogens with zero attached hydrogens (tertiary/aromatic N) is 1. The Kier molecular flexibility index (Phi) is 6.73. The van der Waals surface area contributed by atoms with Crippen molar-refractivity contribution in [3.63, 3.8) is 0 Å². The zero-order chi connectivity index (χ0) is 22.9. The Morgan fingerprint density at radius 3 is 2.66 bits per heavy atom. The van der Waals surface area contributed by atoms with E-state index in [1.807, 2.05) is 6.07 Å². The predicted molar refractivity (Wildman–Crippen MR) is 116 cm³/mol. The minimum absolute atomic E-state index is 0.212. The van der Waals surface area contributed by atoms with Crippen molar-refractivity contribution < 1.29 is 30.4 Å². The lowest BCUT2D eigenvalue weighted by Crippen LogP contribution is -2.48. The quantitative estimate of drug-likeness (QED) is 0.625. The highest BCUT2D eigenvalue weighted by molar-refractivity contribution is 7.96. The Morgan fingerprint density at radius 2 is 1.97 bits per heavy atom. The molecule has 0 bridgehead atoms. The lowest BCUT2D eigenvalue weighted by Gasteiger charge is -2.34. The minimum atomic E-state index is -4.21. The molecule has 3 atom stereocenters. The average Bonchev–Trinajstić information content (AvgIpc) is 3.39. The molecule has 1 N–H and O–H groups in total. The van der Waals surface area contributed by atoms with Crippen LogP contribution in [0.5, 0.6) is 0 Å². The Balaban J connectivity index is 1.59. The van der Waals surface area contributed by atoms with Crippen LogP contribution in [0, 0.1) is 12.7 Å². The van der Waals surface area contributed by atoms with E-state index in [0.717, 1.165) is 6.07 Å². The van der Waals surface area contributed by atoms with Crippen molar-refractivity contribution in [2.45, 2.75) is 29.2 Å². The molecule has 4 rings (SSSR count). The van der Waals surface area contributed by atoms with Crippen LogP contribution in [0.15, 0.2) is 45.9 Å². The first kappa shape index (κ1) is 23.4. The summed E-state index contributed by atoms with van der Waals surface area (Å²) in [4.78, 5) is 1.70. The molecule has 11 heteroatoms. The van der Waals surface area contributed by atoms with Crippen LogP contribution in [-0.2, 0) is 24.4 Å². The molecule has 8 nitrogen and oxygen atoms in total. The second-order valence-corrected chi connectivity index (χ2v) is 12.6. The fourth-order valence-corrected chi connectivity index (χ4v) is 9.21. The Hall–Kier alpha value is -1.79. The summed E-state index contributed by atoms with van der Waals surface area (Å²) < 4.78 is 76.8. The standard InChI is InChI=1S/C21H27FN2O6S2/c1-15-4-5-16(22)20(11-15)32(27,28)21-14-31(25,26)13-17(21)23-12-18(19-3-2-8-30-19)24-6-9-29-10-7-24/h2-5,8,11,17-18,21,23H,6-7,9-10,12-14H2,1H3/t17-,18?,21-/m0/s1. The van der Waals surface area contributed by atoms with E-state index < -0.39 is 47.4 Å². The van der Waals surface area contributed by atoms with E-state index in [9.17, 15) is 21.2 Å². The number of furan rings is 1. The summed E-state index contributed by atoms with van der Waals surface area (Å²) in [5, 5.41) is 1.89. The van der Waals surface area contributed by atoms with Gasteiger partial charge in [-0.25, -0.2) is 21.2 Å². The van der Waals surface area contributed by atoms with E-state index in [0.29, 0.717) is 37.6 Å². The Labute approximate surface area is 187 Å². The highest BCUT2D eigenvalue weighted by atomic mass is 32.2. The molecule has 1 aromatic carbocycles. The van der Waals surface area contributed by atoms with Gasteiger partial charge < -0.3 is 14.5 Å². The van der Waals surface area contributed by atoms with Crippen molar-refractivity contribution in [1.82, 2.24) is 10.2 Å². The van der Waals surface area contributed by atoms with E-state index in [-0.39, 0.29) is 18.3 Å². The molecule has 3 heterocycles. The number of ether oxygens (including phenoxy) is 1. The topological polar surface area (TPSA) is 106 Å². The highest BCUT2D eigenvalue weighted by Crippen LogP contribution is 2.29. The molecule has 2 aliphatic rings. The number of morpholine rings is 1. The van der Waals surface area contributed by atoms with Crippen LogP contribution in [0.3, 0.4) is 0 Å². The molecule has 32 heavy (non-hydrogen) atoms. The SMILES string of the molecule is Cc1ccc(F)c(S(=O)(=O)[C@H]2CS(=O)(=O)C[C@@H]2NCC(c2ccco2)N2CCOCC2)c1. The van der Waals surface area contributed by atoms with Crippen LogP contribution in [0.25, 0.3) is 0 Å². The van der Waals surface area contributed by atoms with Crippen LogP contribution >= 0.6 is 0 Å². The maximum absolute atomic E-state index is 14.4. The van der Waals surface area contributed by atoms with Crippen molar-refractivity contribution in [3.8, 4) is 0 Å². The van der Waals surface area contributed by atoms with Crippen LogP contribution in [0.1, 0.15) is 17.4 Å². The van der Waals surface area contributed by atoms with Gasteiger partial charge in [-0.15, -0.1) is 0 Å². The summed E-state index contributed by atoms with van der Waals surface area (Å²) in [5.41, 5.74) is 0.584. The molecule has 1 aromatic heterocycles. The molecular formula is C21H27FN2O6S2. The molecule has 176 valence electrons. The average molecular weight is 487 g/mol. The molecule has 2 fully saturated rings. The molecule has 2 aliphatic heterocycles. The van der Waals surface area contributed by atoms with Crippen molar-refractivity contribution in [1.29, 1.82) is 0 Å². The van der Waals surface area contributed by atoms with E-state index in [1.54, 1.807) is 19.3 Å². The lowest BCUT2D eigenvalue weighted by atomic mass is 10.1. The number of benzene rings is 1. The van der Waals surface area contributed by atoms with Gasteiger partial charge in [0.05, 0.1) is 42.3 Å². The van der Waals surface area contributed by atoms with Crippen molar-refractivity contribution in [2.24, 2.45) is 0 Å². The van der Waals surface area contributed by atoms with Crippen LogP contribution < -0.4 is 5.32 Å². The van der Waals surface area contributed by atoms with E-state index >= 15 is 0 Å². The number of rotatable bonds is 7. The van der Waals surface area contributed by atoms with Gasteiger partial charge in [-0.2, -0.15) is 0 Å². The first-order valence-electron chi connectivity index (χ1n) is 10.5. The molecule has 0 radical (unpaired) electrons. The third kappa shape index (κ3) is 4.91. The van der Waals surface area contributed by atoms with Crippen LogP contribution in [0.4, 0.5) is 4.39 Å². The monoisotopic (exact) mass is 486 g/mol. The first-order valence-corrected chi connectivity index (χ1v) is 13.8. The number of halogens is 1. The number of hydrogen-bond donors (Lipinski definition) is 1. The van der Waals surface area contributed by atoms with Crippen molar-refractivity contribution in [3.05, 3.63) is 53.7 Å². The molecule has 2 saturated heterocycles. The van der Waals surface area contributed by atoms with Gasteiger partial charge in [-0.3, -0.25) is 4.90 Å². The fourth-order valence-electron chi connectivity index (χ4n) is 4.35. The normalized spacial score (nSPS) is 25.1. The smallest absolute Gasteiger partial charge is 0.186 e. The number of sulfone groups is 2. The minimum Gasteiger partial charge on any atom is -0.468 e. The Morgan fingerprint density at radius 1 is 1.22 bits per heavy atom. The Bertz CT molecular complexity index is 1140. The van der Waals surface area contributed by atoms with Gasteiger partial charge in [0.1, 0.15) is 16.5 Å². The maximum Gasteiger partial charge on any atom is 0.186 e. The number of hydrogen-bond acceptors (Lipinski definition) is 8.